The normalized spacial score (nSPS) is 7.77. The second-order valence-corrected chi connectivity index (χ2v) is 1.83. The summed E-state index contributed by atoms with van der Waals surface area (Å²) in [6.07, 6.45) is 1.02. The molecule has 0 amide bonds. The molecule has 0 saturated heterocycles. The van der Waals surface area contributed by atoms with Gasteiger partial charge in [0, 0.05) is 12.0 Å². The van der Waals surface area contributed by atoms with Crippen LogP contribution < -0.4 is 0 Å². The number of ether oxygens (including phenoxy) is 2. The molecule has 70 valence electrons. The highest BCUT2D eigenvalue weighted by Gasteiger charge is 1.93. The van der Waals surface area contributed by atoms with Gasteiger partial charge in [-0.25, -0.2) is 9.59 Å². The largest absolute Gasteiger partial charge is 0.456 e. The zero-order valence-electron chi connectivity index (χ0n) is 7.33. The van der Waals surface area contributed by atoms with Gasteiger partial charge in [0.05, 0.1) is 6.61 Å². The van der Waals surface area contributed by atoms with E-state index in [1.165, 1.54) is 0 Å². The molecule has 0 unspecified atom stereocenters. The quantitative estimate of drug-likeness (QED) is 0.272. The van der Waals surface area contributed by atoms with Gasteiger partial charge in [-0.05, 0) is 12.8 Å². The van der Waals surface area contributed by atoms with Gasteiger partial charge >= 0.3 is 11.9 Å². The van der Waals surface area contributed by atoms with E-state index in [9.17, 15) is 9.59 Å². The molecule has 0 rings (SSSR count). The van der Waals surface area contributed by atoms with Crippen molar-refractivity contribution in [3.8, 4) is 11.8 Å². The lowest BCUT2D eigenvalue weighted by molar-refractivity contribution is -0.137. The molecule has 0 aromatic carbocycles. The summed E-state index contributed by atoms with van der Waals surface area (Å²) < 4.78 is 8.98. The maximum absolute atomic E-state index is 10.6. The topological polar surface area (TPSA) is 52.6 Å². The van der Waals surface area contributed by atoms with Crippen LogP contribution in [0, 0.1) is 11.8 Å². The van der Waals surface area contributed by atoms with Gasteiger partial charge in [-0.1, -0.05) is 6.58 Å². The fourth-order valence-electron chi connectivity index (χ4n) is 0.442. The van der Waals surface area contributed by atoms with Crippen LogP contribution in [0.2, 0.25) is 0 Å². The average molecular weight is 182 g/mol. The molecule has 0 aromatic rings. The zero-order chi connectivity index (χ0) is 10.1. The summed E-state index contributed by atoms with van der Waals surface area (Å²) in [5, 5.41) is 0. The first-order chi connectivity index (χ1) is 6.20. The smallest absolute Gasteiger partial charge is 0.384 e. The van der Waals surface area contributed by atoms with Crippen molar-refractivity contribution in [2.45, 2.75) is 6.92 Å². The van der Waals surface area contributed by atoms with Gasteiger partial charge in [0.1, 0.15) is 0 Å². The van der Waals surface area contributed by atoms with Crippen molar-refractivity contribution in [3.63, 3.8) is 0 Å². The van der Waals surface area contributed by atoms with Gasteiger partial charge in [-0.2, -0.15) is 0 Å². The van der Waals surface area contributed by atoms with E-state index in [4.69, 9.17) is 0 Å². The van der Waals surface area contributed by atoms with E-state index in [1.54, 1.807) is 6.92 Å². The molecule has 0 N–H and O–H groups in total. The van der Waals surface area contributed by atoms with Crippen molar-refractivity contribution < 1.29 is 19.1 Å². The minimum atomic E-state index is -0.628. The van der Waals surface area contributed by atoms with Crippen LogP contribution in [0.5, 0.6) is 0 Å². The van der Waals surface area contributed by atoms with Crippen molar-refractivity contribution in [2.75, 3.05) is 13.2 Å². The number of rotatable bonds is 3. The van der Waals surface area contributed by atoms with Crippen molar-refractivity contribution in [1.82, 2.24) is 0 Å². The molecule has 0 bridgehead atoms. The standard InChI is InChI=1S/C9H10O4/c1-3-8(10)13-7-5-6-9(11)12-4-2/h3H,1,4,7H2,2H3. The summed E-state index contributed by atoms with van der Waals surface area (Å²) in [6, 6.07) is 0. The van der Waals surface area contributed by atoms with Crippen LogP contribution in [0.1, 0.15) is 6.92 Å². The summed E-state index contributed by atoms with van der Waals surface area (Å²) in [4.78, 5) is 21.1. The Bertz CT molecular complexity index is 257. The predicted molar refractivity (Wildman–Crippen MR) is 45.6 cm³/mol. The molecule has 0 fully saturated rings. The molecule has 0 radical (unpaired) electrons. The first kappa shape index (κ1) is 11.2. The Morgan fingerprint density at radius 3 is 2.69 bits per heavy atom. The molecule has 13 heavy (non-hydrogen) atoms. The van der Waals surface area contributed by atoms with E-state index in [0.717, 1.165) is 6.08 Å². The van der Waals surface area contributed by atoms with Crippen LogP contribution in [0.15, 0.2) is 12.7 Å². The molecule has 0 aliphatic carbocycles. The van der Waals surface area contributed by atoms with Crippen LogP contribution in [-0.4, -0.2) is 25.2 Å². The summed E-state index contributed by atoms with van der Waals surface area (Å²) in [5.41, 5.74) is 0. The first-order valence-corrected chi connectivity index (χ1v) is 3.65. The van der Waals surface area contributed by atoms with Gasteiger partial charge in [0.15, 0.2) is 6.61 Å². The highest BCUT2D eigenvalue weighted by molar-refractivity contribution is 5.88. The van der Waals surface area contributed by atoms with E-state index >= 15 is 0 Å². The number of esters is 2. The van der Waals surface area contributed by atoms with E-state index in [2.05, 4.69) is 27.9 Å². The molecular formula is C9H10O4. The fourth-order valence-corrected chi connectivity index (χ4v) is 0.442. The van der Waals surface area contributed by atoms with Crippen molar-refractivity contribution in [1.29, 1.82) is 0 Å². The van der Waals surface area contributed by atoms with Crippen LogP contribution in [0.4, 0.5) is 0 Å². The zero-order valence-corrected chi connectivity index (χ0v) is 7.33. The number of carbonyl (C=O) groups excluding carboxylic acids is 2. The minimum Gasteiger partial charge on any atom is -0.456 e. The number of hydrogen-bond acceptors (Lipinski definition) is 4. The average Bonchev–Trinajstić information content (AvgIpc) is 2.12. The first-order valence-electron chi connectivity index (χ1n) is 3.65. The Kier molecular flexibility index (Phi) is 5.98. The maximum atomic E-state index is 10.6. The lowest BCUT2D eigenvalue weighted by Crippen LogP contribution is -2.02. The third-order valence-electron chi connectivity index (χ3n) is 0.919. The SMILES string of the molecule is C=CC(=O)OCC#CC(=O)OCC. The predicted octanol–water partition coefficient (Wildman–Crippen LogP) is 0.282. The van der Waals surface area contributed by atoms with Gasteiger partial charge in [0.2, 0.25) is 0 Å². The Hall–Kier alpha value is -1.76. The molecule has 4 nitrogen and oxygen atoms in total. The molecule has 4 heteroatoms. The molecule has 0 spiro atoms. The lowest BCUT2D eigenvalue weighted by atomic mass is 10.6. The Morgan fingerprint density at radius 2 is 2.15 bits per heavy atom. The van der Waals surface area contributed by atoms with E-state index in [0.29, 0.717) is 0 Å². The Balaban J connectivity index is 3.67. The van der Waals surface area contributed by atoms with E-state index < -0.39 is 11.9 Å². The Labute approximate surface area is 76.5 Å². The molecular weight excluding hydrogens is 172 g/mol. The van der Waals surface area contributed by atoms with Crippen LogP contribution >= 0.6 is 0 Å². The van der Waals surface area contributed by atoms with Crippen molar-refractivity contribution >= 4 is 11.9 Å². The van der Waals surface area contributed by atoms with Crippen LogP contribution in [0.25, 0.3) is 0 Å². The van der Waals surface area contributed by atoms with Crippen molar-refractivity contribution in [2.24, 2.45) is 0 Å². The number of carbonyl (C=O) groups is 2. The van der Waals surface area contributed by atoms with Gasteiger partial charge in [0.25, 0.3) is 0 Å². The second kappa shape index (κ2) is 6.92. The van der Waals surface area contributed by atoms with E-state index in [-0.39, 0.29) is 13.2 Å². The molecule has 0 saturated carbocycles. The minimum absolute atomic E-state index is 0.135. The van der Waals surface area contributed by atoms with Gasteiger partial charge < -0.3 is 9.47 Å². The lowest BCUT2D eigenvalue weighted by Gasteiger charge is -1.93. The number of hydrogen-bond donors (Lipinski definition) is 0. The molecule has 0 atom stereocenters. The molecule has 0 aromatic heterocycles. The maximum Gasteiger partial charge on any atom is 0.384 e. The van der Waals surface area contributed by atoms with Gasteiger partial charge in [-0.15, -0.1) is 0 Å². The highest BCUT2D eigenvalue weighted by atomic mass is 16.5. The molecule has 0 aliphatic rings. The van der Waals surface area contributed by atoms with Crippen LogP contribution in [0.3, 0.4) is 0 Å². The summed E-state index contributed by atoms with van der Waals surface area (Å²) in [5.74, 6) is 3.26. The highest BCUT2D eigenvalue weighted by Crippen LogP contribution is 1.78. The second-order valence-electron chi connectivity index (χ2n) is 1.83. The monoisotopic (exact) mass is 182 g/mol. The molecule has 0 aliphatic heterocycles. The Morgan fingerprint density at radius 1 is 1.46 bits per heavy atom. The summed E-state index contributed by atoms with van der Waals surface area (Å²) >= 11 is 0. The van der Waals surface area contributed by atoms with Gasteiger partial charge in [-0.3, -0.25) is 0 Å². The third-order valence-corrected chi connectivity index (χ3v) is 0.919. The summed E-state index contributed by atoms with van der Waals surface area (Å²) in [7, 11) is 0. The molecule has 0 heterocycles. The van der Waals surface area contributed by atoms with E-state index in [1.807, 2.05) is 0 Å². The third kappa shape index (κ3) is 6.63. The fraction of sp³-hybridized carbons (Fsp3) is 0.333. The van der Waals surface area contributed by atoms with Crippen molar-refractivity contribution in [3.05, 3.63) is 12.7 Å². The summed E-state index contributed by atoms with van der Waals surface area (Å²) in [6.45, 7) is 5.01. The van der Waals surface area contributed by atoms with Crippen LogP contribution in [-0.2, 0) is 19.1 Å².